The molecule has 0 saturated carbocycles. The van der Waals surface area contributed by atoms with Crippen molar-refractivity contribution in [2.45, 2.75) is 82.6 Å². The first-order chi connectivity index (χ1) is 14.4. The van der Waals surface area contributed by atoms with E-state index in [1.807, 2.05) is 11.8 Å². The molecule has 1 aromatic carbocycles. The van der Waals surface area contributed by atoms with Gasteiger partial charge < -0.3 is 4.74 Å². The van der Waals surface area contributed by atoms with Crippen LogP contribution < -0.4 is 0 Å². The van der Waals surface area contributed by atoms with E-state index in [2.05, 4.69) is 25.7 Å². The lowest BCUT2D eigenvalue weighted by Crippen LogP contribution is -2.05. The monoisotopic (exact) mass is 486 g/mol. The van der Waals surface area contributed by atoms with Crippen molar-refractivity contribution in [2.75, 3.05) is 18.1 Å². The van der Waals surface area contributed by atoms with Gasteiger partial charge in [-0.2, -0.15) is 11.8 Å². The molecule has 0 saturated heterocycles. The first kappa shape index (κ1) is 28.1. The maximum Gasteiger partial charge on any atom is 0.310 e. The minimum absolute atomic E-state index is 0.315. The molecule has 0 aliphatic carbocycles. The van der Waals surface area contributed by atoms with Gasteiger partial charge in [0.15, 0.2) is 0 Å². The molecule has 8 heteroatoms. The third kappa shape index (κ3) is 14.7. The average Bonchev–Trinajstić information content (AvgIpc) is 2.66. The van der Waals surface area contributed by atoms with Crippen LogP contribution in [0.2, 0.25) is 0 Å². The van der Waals surface area contributed by atoms with E-state index in [4.69, 9.17) is 4.74 Å². The molecule has 1 nitrogen and oxygen atoms in total. The van der Waals surface area contributed by atoms with E-state index in [0.29, 0.717) is 30.2 Å². The van der Waals surface area contributed by atoms with Crippen molar-refractivity contribution in [2.24, 2.45) is 0 Å². The van der Waals surface area contributed by atoms with Gasteiger partial charge in [0.05, 0.1) is 6.10 Å². The highest BCUT2D eigenvalue weighted by Crippen LogP contribution is 3.02. The maximum atomic E-state index is 12.7. The molecule has 0 aliphatic rings. The predicted octanol–water partition coefficient (Wildman–Crippen LogP) is 9.36. The maximum absolute atomic E-state index is 12.7. The van der Waals surface area contributed by atoms with Crippen LogP contribution in [0, 0.1) is 11.8 Å². The molecule has 0 bridgehead atoms. The summed E-state index contributed by atoms with van der Waals surface area (Å²) < 4.78 is 68.8. The van der Waals surface area contributed by atoms with Crippen molar-refractivity contribution in [1.29, 1.82) is 0 Å². The fourth-order valence-corrected chi connectivity index (χ4v) is 4.43. The van der Waals surface area contributed by atoms with E-state index >= 15 is 0 Å². The van der Waals surface area contributed by atoms with Crippen molar-refractivity contribution < 1.29 is 24.2 Å². The number of benzene rings is 1. The highest BCUT2D eigenvalue weighted by Gasteiger charge is 2.65. The van der Waals surface area contributed by atoms with Gasteiger partial charge in [-0.25, -0.2) is 0 Å². The van der Waals surface area contributed by atoms with Crippen molar-refractivity contribution in [3.05, 3.63) is 29.8 Å². The molecule has 0 radical (unpaired) electrons. The Morgan fingerprint density at radius 2 is 1.35 bits per heavy atom. The third-order valence-corrected chi connectivity index (χ3v) is 6.82. The first-order valence-corrected chi connectivity index (χ1v) is 14.0. The van der Waals surface area contributed by atoms with Gasteiger partial charge in [-0.3, -0.25) is 0 Å². The normalized spacial score (nSPS) is 14.1. The Kier molecular flexibility index (Phi) is 11.2. The summed E-state index contributed by atoms with van der Waals surface area (Å²) in [7, 11) is -9.59. The van der Waals surface area contributed by atoms with Gasteiger partial charge >= 0.3 is 10.2 Å². The van der Waals surface area contributed by atoms with Crippen molar-refractivity contribution >= 4 is 22.0 Å². The Labute approximate surface area is 188 Å². The Hall–Kier alpha value is -0.910. The molecule has 31 heavy (non-hydrogen) atoms. The summed E-state index contributed by atoms with van der Waals surface area (Å²) in [5.41, 5.74) is 0.316. The molecule has 0 amide bonds. The molecule has 180 valence electrons. The van der Waals surface area contributed by atoms with E-state index in [0.717, 1.165) is 50.2 Å². The summed E-state index contributed by atoms with van der Waals surface area (Å²) in [6.07, 6.45) is 10.2. The smallest absolute Gasteiger partial charge is 0.310 e. The molecule has 1 aromatic rings. The zero-order chi connectivity index (χ0) is 23.3. The summed E-state index contributed by atoms with van der Waals surface area (Å²) in [5, 5.41) is 0. The summed E-state index contributed by atoms with van der Waals surface area (Å²) in [6.45, 7) is 4.95. The van der Waals surface area contributed by atoms with Crippen molar-refractivity contribution in [3.8, 4) is 11.8 Å². The minimum Gasteiger partial charge on any atom is -0.379 e. The molecule has 0 N–H and O–H groups in total. The third-order valence-electron chi connectivity index (χ3n) is 4.51. The van der Waals surface area contributed by atoms with Crippen LogP contribution >= 0.6 is 22.0 Å². The Bertz CT molecular complexity index is 691. The van der Waals surface area contributed by atoms with E-state index in [1.165, 1.54) is 31.4 Å². The summed E-state index contributed by atoms with van der Waals surface area (Å²) >= 11 is 2.00. The molecular formula is C23H35F5OS2. The Morgan fingerprint density at radius 3 is 1.94 bits per heavy atom. The number of thioether (sulfide) groups is 1. The second-order valence-electron chi connectivity index (χ2n) is 7.91. The number of rotatable bonds is 15. The van der Waals surface area contributed by atoms with Crippen LogP contribution in [0.3, 0.4) is 0 Å². The second-order valence-corrected chi connectivity index (χ2v) is 11.5. The van der Waals surface area contributed by atoms with Gasteiger partial charge in [0.25, 0.3) is 0 Å². The standard InChI is InChI=1S/C23H35F5OS2/c1-21(2)29-18-12-20-30-19-11-9-7-5-3-4-6-8-10-13-22-14-16-23(17-15-22)31(24,25,26,27)28/h14-17,21H,3-9,11-12,18-20H2,1-2H3. The van der Waals surface area contributed by atoms with Crippen molar-refractivity contribution in [1.82, 2.24) is 0 Å². The lowest BCUT2D eigenvalue weighted by atomic mass is 10.1. The lowest BCUT2D eigenvalue weighted by molar-refractivity contribution is 0.0799. The minimum atomic E-state index is -9.59. The highest BCUT2D eigenvalue weighted by atomic mass is 32.5. The molecule has 0 aliphatic heterocycles. The number of ether oxygens (including phenoxy) is 1. The summed E-state index contributed by atoms with van der Waals surface area (Å²) in [5.74, 6) is 8.01. The number of hydrogen-bond donors (Lipinski definition) is 0. The zero-order valence-corrected chi connectivity index (χ0v) is 20.1. The average molecular weight is 487 g/mol. The molecular weight excluding hydrogens is 451 g/mol. The van der Waals surface area contributed by atoms with Crippen LogP contribution in [0.15, 0.2) is 29.2 Å². The summed E-state index contributed by atoms with van der Waals surface area (Å²) in [4.78, 5) is -1.87. The van der Waals surface area contributed by atoms with E-state index < -0.39 is 15.1 Å². The lowest BCUT2D eigenvalue weighted by Gasteiger charge is -2.40. The van der Waals surface area contributed by atoms with Crippen LogP contribution in [-0.2, 0) is 4.74 Å². The van der Waals surface area contributed by atoms with Crippen molar-refractivity contribution in [3.63, 3.8) is 0 Å². The fourth-order valence-electron chi connectivity index (χ4n) is 2.84. The molecule has 0 unspecified atom stereocenters. The first-order valence-electron chi connectivity index (χ1n) is 10.9. The molecule has 0 heterocycles. The molecule has 0 atom stereocenters. The molecule has 0 aromatic heterocycles. The van der Waals surface area contributed by atoms with Crippen LogP contribution in [0.25, 0.3) is 0 Å². The number of unbranched alkanes of at least 4 members (excludes halogenated alkanes) is 7. The zero-order valence-electron chi connectivity index (χ0n) is 18.5. The van der Waals surface area contributed by atoms with Gasteiger partial charge in [-0.15, -0.1) is 0 Å². The molecule has 1 rings (SSSR count). The quantitative estimate of drug-likeness (QED) is 0.139. The van der Waals surface area contributed by atoms with Gasteiger partial charge in [0.1, 0.15) is 4.90 Å². The van der Waals surface area contributed by atoms with Gasteiger partial charge in [0.2, 0.25) is 0 Å². The second kappa shape index (κ2) is 12.4. The predicted molar refractivity (Wildman–Crippen MR) is 125 cm³/mol. The summed E-state index contributed by atoms with van der Waals surface area (Å²) in [6, 6.07) is 2.81. The number of halogens is 5. The SMILES string of the molecule is CC(C)OCCCSCCCCCCCCCC#Cc1ccc(S(F)(F)(F)(F)F)cc1. The van der Waals surface area contributed by atoms with Gasteiger partial charge in [0, 0.05) is 18.6 Å². The van der Waals surface area contributed by atoms with Gasteiger partial charge in [-0.05, 0) is 68.9 Å². The Balaban J connectivity index is 2.02. The van der Waals surface area contributed by atoms with E-state index in [9.17, 15) is 19.4 Å². The van der Waals surface area contributed by atoms with Crippen LogP contribution in [0.5, 0.6) is 0 Å². The fraction of sp³-hybridized carbons (Fsp3) is 0.652. The van der Waals surface area contributed by atoms with Crippen LogP contribution in [0.4, 0.5) is 19.4 Å². The van der Waals surface area contributed by atoms with Gasteiger partial charge in [-0.1, -0.05) is 63.4 Å². The largest absolute Gasteiger partial charge is 0.379 e. The Morgan fingerprint density at radius 1 is 0.806 bits per heavy atom. The topological polar surface area (TPSA) is 9.23 Å². The number of hydrogen-bond acceptors (Lipinski definition) is 2. The van der Waals surface area contributed by atoms with E-state index in [-0.39, 0.29) is 0 Å². The molecule has 0 spiro atoms. The van der Waals surface area contributed by atoms with Crippen LogP contribution in [0.1, 0.15) is 77.2 Å². The van der Waals surface area contributed by atoms with E-state index in [1.54, 1.807) is 0 Å². The highest BCUT2D eigenvalue weighted by molar-refractivity contribution is 8.45. The molecule has 0 fully saturated rings. The van der Waals surface area contributed by atoms with Crippen LogP contribution in [-0.4, -0.2) is 24.2 Å².